The molecule has 1 nitrogen and oxygen atoms in total. The topological polar surface area (TPSA) is 3.24 Å². The van der Waals surface area contributed by atoms with Gasteiger partial charge in [0.05, 0.1) is 0 Å². The Labute approximate surface area is 143 Å². The van der Waals surface area contributed by atoms with Crippen molar-refractivity contribution < 1.29 is 0 Å². The lowest BCUT2D eigenvalue weighted by molar-refractivity contribution is 0.168. The van der Waals surface area contributed by atoms with E-state index in [0.717, 1.165) is 13.0 Å². The van der Waals surface area contributed by atoms with E-state index >= 15 is 0 Å². The molecule has 0 unspecified atom stereocenters. The molecular weight excluding hydrogens is 298 g/mol. The fraction of sp³-hybridized carbons (Fsp3) is 0.333. The molecule has 1 heterocycles. The molecule has 1 aromatic heterocycles. The maximum absolute atomic E-state index is 2.42. The standard InChI is InChI=1S/C21H25NS/c1-21(2,3)22(4)14-18-15-23-19-12-8-11-17(20(18)19)13-16-9-6-5-7-10-16/h5-12,15H,13-14H2,1-4H3. The van der Waals surface area contributed by atoms with E-state index in [0.29, 0.717) is 0 Å². The molecule has 0 saturated heterocycles. The number of fused-ring (bicyclic) bond motifs is 1. The Hall–Kier alpha value is -1.64. The first kappa shape index (κ1) is 16.2. The van der Waals surface area contributed by atoms with E-state index in [1.165, 1.54) is 26.8 Å². The zero-order valence-corrected chi connectivity index (χ0v) is 15.3. The first-order chi connectivity index (χ1) is 10.9. The summed E-state index contributed by atoms with van der Waals surface area (Å²) in [5.74, 6) is 0. The highest BCUT2D eigenvalue weighted by Gasteiger charge is 2.19. The Kier molecular flexibility index (Phi) is 4.56. The van der Waals surface area contributed by atoms with Crippen LogP contribution < -0.4 is 0 Å². The third kappa shape index (κ3) is 3.65. The molecule has 0 aliphatic rings. The average Bonchev–Trinajstić information content (AvgIpc) is 2.92. The Balaban J connectivity index is 1.97. The summed E-state index contributed by atoms with van der Waals surface area (Å²) in [6.07, 6.45) is 1.00. The molecule has 2 heteroatoms. The van der Waals surface area contributed by atoms with Gasteiger partial charge in [-0.05, 0) is 62.4 Å². The van der Waals surface area contributed by atoms with Crippen molar-refractivity contribution in [1.29, 1.82) is 0 Å². The van der Waals surface area contributed by atoms with Gasteiger partial charge < -0.3 is 0 Å². The van der Waals surface area contributed by atoms with Gasteiger partial charge in [0.2, 0.25) is 0 Å². The largest absolute Gasteiger partial charge is 0.297 e. The first-order valence-electron chi connectivity index (χ1n) is 8.18. The number of benzene rings is 2. The molecule has 0 bridgehead atoms. The Morgan fingerprint density at radius 1 is 0.913 bits per heavy atom. The van der Waals surface area contributed by atoms with Crippen molar-refractivity contribution in [2.45, 2.75) is 39.3 Å². The molecule has 0 spiro atoms. The number of nitrogens with zero attached hydrogens (tertiary/aromatic N) is 1. The highest BCUT2D eigenvalue weighted by atomic mass is 32.1. The summed E-state index contributed by atoms with van der Waals surface area (Å²) in [4.78, 5) is 2.42. The third-order valence-corrected chi connectivity index (χ3v) is 5.55. The zero-order valence-electron chi connectivity index (χ0n) is 14.5. The van der Waals surface area contributed by atoms with Gasteiger partial charge in [0.15, 0.2) is 0 Å². The Morgan fingerprint density at radius 2 is 1.65 bits per heavy atom. The molecule has 3 rings (SSSR count). The number of rotatable bonds is 4. The summed E-state index contributed by atoms with van der Waals surface area (Å²) in [7, 11) is 2.21. The molecule has 0 atom stereocenters. The van der Waals surface area contributed by atoms with Crippen LogP contribution in [-0.4, -0.2) is 17.5 Å². The van der Waals surface area contributed by atoms with Gasteiger partial charge in [0.25, 0.3) is 0 Å². The van der Waals surface area contributed by atoms with Gasteiger partial charge in [-0.2, -0.15) is 0 Å². The van der Waals surface area contributed by atoms with E-state index in [-0.39, 0.29) is 5.54 Å². The van der Waals surface area contributed by atoms with Crippen LogP contribution in [0.1, 0.15) is 37.5 Å². The predicted molar refractivity (Wildman–Crippen MR) is 102 cm³/mol. The van der Waals surface area contributed by atoms with Crippen LogP contribution in [0.5, 0.6) is 0 Å². The molecule has 0 fully saturated rings. The maximum Gasteiger partial charge on any atom is 0.0348 e. The van der Waals surface area contributed by atoms with E-state index < -0.39 is 0 Å². The molecule has 3 aromatic rings. The number of hydrogen-bond acceptors (Lipinski definition) is 2. The van der Waals surface area contributed by atoms with Crippen molar-refractivity contribution in [3.05, 3.63) is 70.6 Å². The lowest BCUT2D eigenvalue weighted by atomic mass is 9.98. The van der Waals surface area contributed by atoms with Crippen LogP contribution >= 0.6 is 11.3 Å². The highest BCUT2D eigenvalue weighted by molar-refractivity contribution is 7.17. The van der Waals surface area contributed by atoms with E-state index in [9.17, 15) is 0 Å². The van der Waals surface area contributed by atoms with Crippen LogP contribution in [0.15, 0.2) is 53.9 Å². The van der Waals surface area contributed by atoms with Crippen LogP contribution in [0.25, 0.3) is 10.1 Å². The summed E-state index contributed by atoms with van der Waals surface area (Å²) in [5, 5.41) is 3.79. The minimum atomic E-state index is 0.183. The van der Waals surface area contributed by atoms with Crippen molar-refractivity contribution in [1.82, 2.24) is 4.90 Å². The molecule has 0 aliphatic carbocycles. The quantitative estimate of drug-likeness (QED) is 0.593. The van der Waals surface area contributed by atoms with Crippen molar-refractivity contribution >= 4 is 21.4 Å². The lowest BCUT2D eigenvalue weighted by Gasteiger charge is -2.31. The van der Waals surface area contributed by atoms with Gasteiger partial charge in [0.1, 0.15) is 0 Å². The highest BCUT2D eigenvalue weighted by Crippen LogP contribution is 2.32. The van der Waals surface area contributed by atoms with Gasteiger partial charge in [-0.3, -0.25) is 4.90 Å². The molecule has 120 valence electrons. The SMILES string of the molecule is CN(Cc1csc2cccc(Cc3ccccc3)c12)C(C)(C)C. The molecule has 0 radical (unpaired) electrons. The van der Waals surface area contributed by atoms with Crippen molar-refractivity contribution in [2.75, 3.05) is 7.05 Å². The van der Waals surface area contributed by atoms with Gasteiger partial charge in [-0.15, -0.1) is 11.3 Å². The Bertz CT molecular complexity index is 780. The van der Waals surface area contributed by atoms with E-state index in [4.69, 9.17) is 0 Å². The summed E-state index contributed by atoms with van der Waals surface area (Å²) < 4.78 is 1.40. The minimum absolute atomic E-state index is 0.183. The molecule has 0 saturated carbocycles. The summed E-state index contributed by atoms with van der Waals surface area (Å²) in [5.41, 5.74) is 4.45. The van der Waals surface area contributed by atoms with Crippen LogP contribution in [-0.2, 0) is 13.0 Å². The molecule has 0 aliphatic heterocycles. The van der Waals surface area contributed by atoms with E-state index in [1.807, 2.05) is 11.3 Å². The molecular formula is C21H25NS. The van der Waals surface area contributed by atoms with Crippen molar-refractivity contribution in [2.24, 2.45) is 0 Å². The van der Waals surface area contributed by atoms with E-state index in [2.05, 4.69) is 86.6 Å². The molecule has 2 aromatic carbocycles. The van der Waals surface area contributed by atoms with Crippen LogP contribution in [0.3, 0.4) is 0 Å². The maximum atomic E-state index is 2.42. The van der Waals surface area contributed by atoms with Crippen LogP contribution in [0.4, 0.5) is 0 Å². The van der Waals surface area contributed by atoms with Crippen LogP contribution in [0, 0.1) is 0 Å². The minimum Gasteiger partial charge on any atom is -0.297 e. The second kappa shape index (κ2) is 6.46. The van der Waals surface area contributed by atoms with Crippen molar-refractivity contribution in [3.8, 4) is 0 Å². The monoisotopic (exact) mass is 323 g/mol. The fourth-order valence-corrected chi connectivity index (χ4v) is 3.80. The predicted octanol–water partition coefficient (Wildman–Crippen LogP) is 5.72. The third-order valence-electron chi connectivity index (χ3n) is 4.55. The lowest BCUT2D eigenvalue weighted by Crippen LogP contribution is -2.37. The second-order valence-corrected chi connectivity index (χ2v) is 8.15. The fourth-order valence-electron chi connectivity index (χ4n) is 2.80. The smallest absolute Gasteiger partial charge is 0.0348 e. The summed E-state index contributed by atoms with van der Waals surface area (Å²) >= 11 is 1.86. The van der Waals surface area contributed by atoms with Gasteiger partial charge in [-0.25, -0.2) is 0 Å². The van der Waals surface area contributed by atoms with Gasteiger partial charge in [0, 0.05) is 22.2 Å². The summed E-state index contributed by atoms with van der Waals surface area (Å²) in [6.45, 7) is 7.81. The zero-order chi connectivity index (χ0) is 16.4. The van der Waals surface area contributed by atoms with Gasteiger partial charge in [-0.1, -0.05) is 42.5 Å². The van der Waals surface area contributed by atoms with Crippen molar-refractivity contribution in [3.63, 3.8) is 0 Å². The first-order valence-corrected chi connectivity index (χ1v) is 9.06. The van der Waals surface area contributed by atoms with Gasteiger partial charge >= 0.3 is 0 Å². The van der Waals surface area contributed by atoms with E-state index in [1.54, 1.807) is 0 Å². The Morgan fingerprint density at radius 3 is 2.35 bits per heavy atom. The average molecular weight is 324 g/mol. The van der Waals surface area contributed by atoms with Crippen LogP contribution in [0.2, 0.25) is 0 Å². The summed E-state index contributed by atoms with van der Waals surface area (Å²) in [6, 6.07) is 17.5. The molecule has 0 N–H and O–H groups in total. The second-order valence-electron chi connectivity index (χ2n) is 7.24. The normalized spacial score (nSPS) is 12.2. The molecule has 0 amide bonds. The molecule has 23 heavy (non-hydrogen) atoms. The number of hydrogen-bond donors (Lipinski definition) is 0. The number of thiophene rings is 1.